The number of carbonyl (C=O) groups is 1. The first-order valence-corrected chi connectivity index (χ1v) is 8.84. The highest BCUT2D eigenvalue weighted by molar-refractivity contribution is 7.17. The summed E-state index contributed by atoms with van der Waals surface area (Å²) in [4.78, 5) is 20.7. The lowest BCUT2D eigenvalue weighted by Crippen LogP contribution is -2.07. The van der Waals surface area contributed by atoms with Crippen LogP contribution in [0.25, 0.3) is 10.1 Å². The smallest absolute Gasteiger partial charge is 0.344 e. The molecule has 4 rings (SSSR count). The van der Waals surface area contributed by atoms with Gasteiger partial charge in [-0.2, -0.15) is 0 Å². The highest BCUT2D eigenvalue weighted by atomic mass is 32.1. The van der Waals surface area contributed by atoms with Crippen LogP contribution in [0, 0.1) is 0 Å². The van der Waals surface area contributed by atoms with Crippen LogP contribution in [-0.2, 0) is 11.3 Å². The first-order chi connectivity index (χ1) is 12.8. The maximum Gasteiger partial charge on any atom is 0.344 e. The zero-order valence-electron chi connectivity index (χ0n) is 13.7. The number of pyridine rings is 2. The molecule has 6 heteroatoms. The predicted molar refractivity (Wildman–Crippen MR) is 99.5 cm³/mol. The number of hydrogen-bond acceptors (Lipinski definition) is 6. The summed E-state index contributed by atoms with van der Waals surface area (Å²) in [6, 6.07) is 14.8. The largest absolute Gasteiger partial charge is 0.457 e. The highest BCUT2D eigenvalue weighted by Crippen LogP contribution is 2.27. The van der Waals surface area contributed by atoms with Crippen LogP contribution in [0.4, 0.5) is 0 Å². The van der Waals surface area contributed by atoms with Crippen molar-refractivity contribution in [1.29, 1.82) is 0 Å². The minimum atomic E-state index is -0.479. The van der Waals surface area contributed by atoms with E-state index in [2.05, 4.69) is 9.97 Å². The Morgan fingerprint density at radius 1 is 1.04 bits per heavy atom. The standard InChI is InChI=1S/C20H14N2O3S/c23-20(24-12-14-13-26-18-8-2-1-6-16(14)18)17-7-4-10-22-19(17)25-15-5-3-9-21-11-15/h1-11,13H,12H2. The van der Waals surface area contributed by atoms with Crippen molar-refractivity contribution in [2.24, 2.45) is 0 Å². The summed E-state index contributed by atoms with van der Waals surface area (Å²) in [5.74, 6) is 0.219. The first-order valence-electron chi connectivity index (χ1n) is 7.96. The zero-order valence-corrected chi connectivity index (χ0v) is 14.5. The number of nitrogens with zero attached hydrogens (tertiary/aromatic N) is 2. The molecular formula is C20H14N2O3S. The van der Waals surface area contributed by atoms with E-state index in [0.29, 0.717) is 5.75 Å². The molecule has 0 saturated carbocycles. The van der Waals surface area contributed by atoms with E-state index in [1.54, 1.807) is 54.2 Å². The van der Waals surface area contributed by atoms with Gasteiger partial charge >= 0.3 is 5.97 Å². The van der Waals surface area contributed by atoms with Crippen LogP contribution in [0.15, 0.2) is 72.5 Å². The van der Waals surface area contributed by atoms with Crippen LogP contribution in [-0.4, -0.2) is 15.9 Å². The van der Waals surface area contributed by atoms with Crippen molar-refractivity contribution in [2.45, 2.75) is 6.61 Å². The second-order valence-electron chi connectivity index (χ2n) is 5.48. The van der Waals surface area contributed by atoms with E-state index in [9.17, 15) is 4.79 Å². The molecule has 26 heavy (non-hydrogen) atoms. The van der Waals surface area contributed by atoms with E-state index >= 15 is 0 Å². The third kappa shape index (κ3) is 3.41. The Balaban J connectivity index is 1.51. The number of rotatable bonds is 5. The quantitative estimate of drug-likeness (QED) is 0.475. The number of carbonyl (C=O) groups excluding carboxylic acids is 1. The Hall–Kier alpha value is -3.25. The molecule has 0 atom stereocenters. The Kier molecular flexibility index (Phi) is 4.57. The molecule has 1 aromatic carbocycles. The van der Waals surface area contributed by atoms with Gasteiger partial charge in [0.15, 0.2) is 0 Å². The van der Waals surface area contributed by atoms with Gasteiger partial charge in [-0.15, -0.1) is 11.3 Å². The second kappa shape index (κ2) is 7.33. The monoisotopic (exact) mass is 362 g/mol. The Morgan fingerprint density at radius 3 is 2.81 bits per heavy atom. The van der Waals surface area contributed by atoms with E-state index in [1.807, 2.05) is 29.6 Å². The van der Waals surface area contributed by atoms with E-state index in [4.69, 9.17) is 9.47 Å². The number of hydrogen-bond donors (Lipinski definition) is 0. The fourth-order valence-corrected chi connectivity index (χ4v) is 3.46. The van der Waals surface area contributed by atoms with Gasteiger partial charge in [-0.3, -0.25) is 4.98 Å². The number of aromatic nitrogens is 2. The van der Waals surface area contributed by atoms with Crippen LogP contribution < -0.4 is 4.74 Å². The molecule has 0 unspecified atom stereocenters. The molecule has 3 heterocycles. The molecule has 5 nitrogen and oxygen atoms in total. The number of esters is 1. The van der Waals surface area contributed by atoms with Gasteiger partial charge in [0.05, 0.1) is 6.20 Å². The topological polar surface area (TPSA) is 61.3 Å². The molecule has 0 amide bonds. The van der Waals surface area contributed by atoms with Crippen LogP contribution in [0.1, 0.15) is 15.9 Å². The summed E-state index contributed by atoms with van der Waals surface area (Å²) in [6.07, 6.45) is 4.77. The predicted octanol–water partition coefficient (Wildman–Crippen LogP) is 4.84. The summed E-state index contributed by atoms with van der Waals surface area (Å²) in [7, 11) is 0. The van der Waals surface area contributed by atoms with Gasteiger partial charge in [-0.05, 0) is 41.1 Å². The van der Waals surface area contributed by atoms with Crippen molar-refractivity contribution in [2.75, 3.05) is 0 Å². The number of benzene rings is 1. The molecule has 0 saturated heterocycles. The Labute approximate surface area is 153 Å². The van der Waals surface area contributed by atoms with E-state index in [0.717, 1.165) is 10.9 Å². The molecule has 0 bridgehead atoms. The molecule has 0 aliphatic carbocycles. The first kappa shape index (κ1) is 16.2. The van der Waals surface area contributed by atoms with Gasteiger partial charge in [-0.25, -0.2) is 9.78 Å². The molecule has 128 valence electrons. The summed E-state index contributed by atoms with van der Waals surface area (Å²) in [6.45, 7) is 0.198. The van der Waals surface area contributed by atoms with Gasteiger partial charge in [0.2, 0.25) is 5.88 Å². The maximum atomic E-state index is 12.5. The molecular weight excluding hydrogens is 348 g/mol. The lowest BCUT2D eigenvalue weighted by Gasteiger charge is -2.09. The van der Waals surface area contributed by atoms with Crippen LogP contribution in [0.2, 0.25) is 0 Å². The molecule has 0 aliphatic rings. The average molecular weight is 362 g/mol. The molecule has 0 fully saturated rings. The lowest BCUT2D eigenvalue weighted by molar-refractivity contribution is 0.0471. The molecule has 0 radical (unpaired) electrons. The van der Waals surface area contributed by atoms with Crippen molar-refractivity contribution in [1.82, 2.24) is 9.97 Å². The fraction of sp³-hybridized carbons (Fsp3) is 0.0500. The van der Waals surface area contributed by atoms with Crippen molar-refractivity contribution < 1.29 is 14.3 Å². The average Bonchev–Trinajstić information content (AvgIpc) is 3.10. The molecule has 0 aliphatic heterocycles. The van der Waals surface area contributed by atoms with Gasteiger partial charge in [0, 0.05) is 22.7 Å². The molecule has 0 N–H and O–H groups in total. The Morgan fingerprint density at radius 2 is 1.92 bits per heavy atom. The third-order valence-corrected chi connectivity index (χ3v) is 4.77. The van der Waals surface area contributed by atoms with Gasteiger partial charge < -0.3 is 9.47 Å². The number of thiophene rings is 1. The van der Waals surface area contributed by atoms with Crippen molar-refractivity contribution in [3.8, 4) is 11.6 Å². The zero-order chi connectivity index (χ0) is 17.8. The highest BCUT2D eigenvalue weighted by Gasteiger charge is 2.16. The van der Waals surface area contributed by atoms with Crippen LogP contribution >= 0.6 is 11.3 Å². The van der Waals surface area contributed by atoms with Crippen molar-refractivity contribution >= 4 is 27.4 Å². The maximum absolute atomic E-state index is 12.5. The van der Waals surface area contributed by atoms with Gasteiger partial charge in [0.25, 0.3) is 0 Å². The summed E-state index contributed by atoms with van der Waals surface area (Å²) < 4.78 is 12.3. The number of fused-ring (bicyclic) bond motifs is 1. The van der Waals surface area contributed by atoms with Crippen LogP contribution in [0.3, 0.4) is 0 Å². The normalized spacial score (nSPS) is 10.6. The van der Waals surface area contributed by atoms with E-state index < -0.39 is 5.97 Å². The summed E-state index contributed by atoms with van der Waals surface area (Å²) in [5, 5.41) is 3.11. The molecule has 4 aromatic rings. The van der Waals surface area contributed by atoms with E-state index in [-0.39, 0.29) is 18.1 Å². The van der Waals surface area contributed by atoms with Crippen molar-refractivity contribution in [3.05, 3.63) is 83.6 Å². The van der Waals surface area contributed by atoms with Crippen molar-refractivity contribution in [3.63, 3.8) is 0 Å². The summed E-state index contributed by atoms with van der Waals surface area (Å²) in [5.41, 5.74) is 1.26. The van der Waals surface area contributed by atoms with Gasteiger partial charge in [-0.1, -0.05) is 18.2 Å². The van der Waals surface area contributed by atoms with E-state index in [1.165, 1.54) is 4.70 Å². The Bertz CT molecular complexity index is 1050. The van der Waals surface area contributed by atoms with Gasteiger partial charge in [0.1, 0.15) is 17.9 Å². The molecule has 3 aromatic heterocycles. The number of ether oxygens (including phenoxy) is 2. The lowest BCUT2D eigenvalue weighted by atomic mass is 10.2. The summed E-state index contributed by atoms with van der Waals surface area (Å²) >= 11 is 1.63. The SMILES string of the molecule is O=C(OCc1csc2ccccc12)c1cccnc1Oc1cccnc1. The fourth-order valence-electron chi connectivity index (χ4n) is 2.51. The second-order valence-corrected chi connectivity index (χ2v) is 6.39. The molecule has 0 spiro atoms. The van der Waals surface area contributed by atoms with Crippen LogP contribution in [0.5, 0.6) is 11.6 Å². The minimum absolute atomic E-state index is 0.195. The third-order valence-electron chi connectivity index (χ3n) is 3.76. The minimum Gasteiger partial charge on any atom is -0.457 e.